The lowest BCUT2D eigenvalue weighted by Crippen LogP contribution is -2.32. The molecule has 0 aliphatic carbocycles. The Bertz CT molecular complexity index is 638. The van der Waals surface area contributed by atoms with E-state index < -0.39 is 6.36 Å². The van der Waals surface area contributed by atoms with Gasteiger partial charge in [0.25, 0.3) is 0 Å². The van der Waals surface area contributed by atoms with Crippen molar-refractivity contribution in [2.24, 2.45) is 10.7 Å². The minimum absolute atomic E-state index is 0.263. The number of aryl methyl sites for hydroxylation is 1. The number of nitrogens with one attached hydrogen (secondary N) is 1. The molecular formula is C15H18F3N5O. The van der Waals surface area contributed by atoms with Crippen molar-refractivity contribution >= 4 is 5.96 Å². The third-order valence-corrected chi connectivity index (χ3v) is 3.05. The first-order chi connectivity index (χ1) is 11.4. The van der Waals surface area contributed by atoms with Crippen LogP contribution >= 0.6 is 0 Å². The second-order valence-corrected chi connectivity index (χ2v) is 4.97. The Labute approximate surface area is 137 Å². The topological polar surface area (TPSA) is 77.5 Å². The van der Waals surface area contributed by atoms with Gasteiger partial charge in [-0.3, -0.25) is 0 Å². The van der Waals surface area contributed by atoms with E-state index in [9.17, 15) is 13.2 Å². The van der Waals surface area contributed by atoms with Gasteiger partial charge >= 0.3 is 6.36 Å². The number of hydrogen-bond acceptors (Lipinski definition) is 3. The van der Waals surface area contributed by atoms with Gasteiger partial charge in [-0.2, -0.15) is 0 Å². The summed E-state index contributed by atoms with van der Waals surface area (Å²) >= 11 is 0. The molecule has 24 heavy (non-hydrogen) atoms. The molecule has 0 amide bonds. The predicted molar refractivity (Wildman–Crippen MR) is 83.3 cm³/mol. The maximum Gasteiger partial charge on any atom is 0.573 e. The van der Waals surface area contributed by atoms with Crippen LogP contribution in [-0.2, 0) is 13.1 Å². The molecule has 0 atom stereocenters. The quantitative estimate of drug-likeness (QED) is 0.460. The molecule has 2 aromatic rings. The van der Waals surface area contributed by atoms with Crippen LogP contribution in [-0.4, -0.2) is 28.4 Å². The largest absolute Gasteiger partial charge is 0.573 e. The minimum atomic E-state index is -4.69. The Hall–Kier alpha value is -2.71. The van der Waals surface area contributed by atoms with E-state index >= 15 is 0 Å². The molecule has 1 aromatic carbocycles. The van der Waals surface area contributed by atoms with Crippen LogP contribution in [0, 0.1) is 0 Å². The van der Waals surface area contributed by atoms with Crippen molar-refractivity contribution in [3.63, 3.8) is 0 Å². The van der Waals surface area contributed by atoms with Gasteiger partial charge in [-0.05, 0) is 24.1 Å². The van der Waals surface area contributed by atoms with Gasteiger partial charge in [0.2, 0.25) is 0 Å². The van der Waals surface area contributed by atoms with Crippen molar-refractivity contribution in [3.05, 3.63) is 48.5 Å². The Kier molecular flexibility index (Phi) is 6.05. The lowest BCUT2D eigenvalue weighted by Gasteiger charge is -2.09. The predicted octanol–water partition coefficient (Wildman–Crippen LogP) is 2.28. The van der Waals surface area contributed by atoms with Crippen molar-refractivity contribution in [1.29, 1.82) is 0 Å². The zero-order valence-corrected chi connectivity index (χ0v) is 12.8. The summed E-state index contributed by atoms with van der Waals surface area (Å²) in [4.78, 5) is 8.08. The first-order valence-electron chi connectivity index (χ1n) is 7.26. The number of nitrogens with zero attached hydrogens (tertiary/aromatic N) is 3. The third kappa shape index (κ3) is 6.59. The summed E-state index contributed by atoms with van der Waals surface area (Å²) in [6.45, 7) is 1.75. The summed E-state index contributed by atoms with van der Waals surface area (Å²) in [5.74, 6) is 0.0251. The maximum absolute atomic E-state index is 12.1. The molecule has 0 bridgehead atoms. The molecule has 0 aliphatic rings. The molecule has 1 aromatic heterocycles. The second kappa shape index (κ2) is 8.23. The summed E-state index contributed by atoms with van der Waals surface area (Å²) in [6.07, 6.45) is 1.50. The normalized spacial score (nSPS) is 12.2. The monoisotopic (exact) mass is 341 g/mol. The summed E-state index contributed by atoms with van der Waals surface area (Å²) in [6, 6.07) is 5.51. The van der Waals surface area contributed by atoms with Gasteiger partial charge in [-0.25, -0.2) is 9.98 Å². The number of guanidine groups is 1. The van der Waals surface area contributed by atoms with E-state index in [-0.39, 0.29) is 18.3 Å². The van der Waals surface area contributed by atoms with Gasteiger partial charge in [0.05, 0.1) is 12.9 Å². The highest BCUT2D eigenvalue weighted by atomic mass is 19.4. The van der Waals surface area contributed by atoms with Crippen LogP contribution in [0.1, 0.15) is 12.0 Å². The molecule has 2 rings (SSSR count). The highest BCUT2D eigenvalue weighted by Gasteiger charge is 2.30. The van der Waals surface area contributed by atoms with Crippen molar-refractivity contribution in [2.75, 3.05) is 6.54 Å². The molecule has 0 aliphatic heterocycles. The fourth-order valence-corrected chi connectivity index (χ4v) is 1.93. The number of imidazole rings is 1. The van der Waals surface area contributed by atoms with Crippen LogP contribution in [0.2, 0.25) is 0 Å². The van der Waals surface area contributed by atoms with Crippen LogP contribution in [0.15, 0.2) is 48.0 Å². The number of aliphatic imine (C=N–C) groups is 1. The molecule has 1 heterocycles. The number of ether oxygens (including phenoxy) is 1. The fraction of sp³-hybridized carbons (Fsp3) is 0.333. The number of aromatic nitrogens is 2. The molecule has 0 spiro atoms. The maximum atomic E-state index is 12.1. The van der Waals surface area contributed by atoms with Crippen molar-refractivity contribution < 1.29 is 17.9 Å². The average Bonchev–Trinajstić information content (AvgIpc) is 3.03. The minimum Gasteiger partial charge on any atom is -0.406 e. The standard InChI is InChI=1S/C15H18F3N5O/c16-15(17,18)24-13-4-2-12(3-5-13)10-22-14(19)21-6-1-8-23-9-7-20-11-23/h2-5,7,9,11H,1,6,8,10H2,(H3,19,21,22). The van der Waals surface area contributed by atoms with Gasteiger partial charge in [-0.1, -0.05) is 12.1 Å². The zero-order chi connectivity index (χ0) is 17.4. The lowest BCUT2D eigenvalue weighted by atomic mass is 10.2. The summed E-state index contributed by atoms with van der Waals surface area (Å²) in [7, 11) is 0. The van der Waals surface area contributed by atoms with E-state index in [1.165, 1.54) is 24.3 Å². The number of nitrogens with two attached hydrogens (primary N) is 1. The summed E-state index contributed by atoms with van der Waals surface area (Å²) < 4.78 is 41.9. The SMILES string of the molecule is NC(=NCc1ccc(OC(F)(F)F)cc1)NCCCn1ccnc1. The second-order valence-electron chi connectivity index (χ2n) is 4.97. The van der Waals surface area contributed by atoms with E-state index in [1.54, 1.807) is 12.5 Å². The highest BCUT2D eigenvalue weighted by molar-refractivity contribution is 5.77. The van der Waals surface area contributed by atoms with Crippen molar-refractivity contribution in [2.45, 2.75) is 25.9 Å². The van der Waals surface area contributed by atoms with Crippen LogP contribution in [0.4, 0.5) is 13.2 Å². The lowest BCUT2D eigenvalue weighted by molar-refractivity contribution is -0.274. The molecule has 0 fully saturated rings. The highest BCUT2D eigenvalue weighted by Crippen LogP contribution is 2.22. The third-order valence-electron chi connectivity index (χ3n) is 3.05. The van der Waals surface area contributed by atoms with Crippen LogP contribution in [0.25, 0.3) is 0 Å². The molecule has 0 unspecified atom stereocenters. The zero-order valence-electron chi connectivity index (χ0n) is 12.8. The van der Waals surface area contributed by atoms with Crippen LogP contribution in [0.5, 0.6) is 5.75 Å². The van der Waals surface area contributed by atoms with Gasteiger partial charge in [0.15, 0.2) is 5.96 Å². The molecule has 0 saturated heterocycles. The Balaban J connectivity index is 1.71. The fourth-order valence-electron chi connectivity index (χ4n) is 1.93. The molecule has 9 heteroatoms. The average molecular weight is 341 g/mol. The summed E-state index contributed by atoms with van der Waals surface area (Å²) in [5, 5.41) is 2.98. The van der Waals surface area contributed by atoms with Gasteiger partial charge < -0.3 is 20.4 Å². The Morgan fingerprint density at radius 3 is 2.67 bits per heavy atom. The van der Waals surface area contributed by atoms with E-state index in [2.05, 4.69) is 20.0 Å². The number of halogens is 3. The molecule has 6 nitrogen and oxygen atoms in total. The Morgan fingerprint density at radius 1 is 1.29 bits per heavy atom. The number of alkyl halides is 3. The van der Waals surface area contributed by atoms with E-state index in [4.69, 9.17) is 5.73 Å². The smallest absolute Gasteiger partial charge is 0.406 e. The van der Waals surface area contributed by atoms with Crippen molar-refractivity contribution in [3.8, 4) is 5.75 Å². The van der Waals surface area contributed by atoms with Gasteiger partial charge in [-0.15, -0.1) is 13.2 Å². The molecule has 3 N–H and O–H groups in total. The number of hydrogen-bond donors (Lipinski definition) is 2. The van der Waals surface area contributed by atoms with E-state index in [1.807, 2.05) is 10.8 Å². The number of benzene rings is 1. The molecule has 130 valence electrons. The number of rotatable bonds is 7. The van der Waals surface area contributed by atoms with Gasteiger partial charge in [0.1, 0.15) is 5.75 Å². The first kappa shape index (κ1) is 17.6. The Morgan fingerprint density at radius 2 is 2.04 bits per heavy atom. The molecule has 0 saturated carbocycles. The van der Waals surface area contributed by atoms with Crippen LogP contribution < -0.4 is 15.8 Å². The molecular weight excluding hydrogens is 323 g/mol. The first-order valence-corrected chi connectivity index (χ1v) is 7.26. The molecule has 0 radical (unpaired) electrons. The van der Waals surface area contributed by atoms with Crippen LogP contribution in [0.3, 0.4) is 0 Å². The summed E-state index contributed by atoms with van der Waals surface area (Å²) in [5.41, 5.74) is 6.47. The van der Waals surface area contributed by atoms with E-state index in [0.717, 1.165) is 18.5 Å². The van der Waals surface area contributed by atoms with Crippen molar-refractivity contribution in [1.82, 2.24) is 14.9 Å². The van der Waals surface area contributed by atoms with Gasteiger partial charge in [0, 0.05) is 25.5 Å². The van der Waals surface area contributed by atoms with E-state index in [0.29, 0.717) is 6.54 Å².